The van der Waals surface area contributed by atoms with E-state index < -0.39 is 0 Å². The maximum absolute atomic E-state index is 13.3. The van der Waals surface area contributed by atoms with Crippen LogP contribution in [0.3, 0.4) is 0 Å². The van der Waals surface area contributed by atoms with Crippen molar-refractivity contribution >= 4 is 23.4 Å². The zero-order valence-electron chi connectivity index (χ0n) is 16.8. The highest BCUT2D eigenvalue weighted by atomic mass is 35.5. The Morgan fingerprint density at radius 3 is 2.39 bits per heavy atom. The van der Waals surface area contributed by atoms with Crippen LogP contribution in [0.5, 0.6) is 0 Å². The van der Waals surface area contributed by atoms with E-state index in [4.69, 9.17) is 16.0 Å². The number of nitrogens with zero attached hydrogens (tertiary/aromatic N) is 2. The number of furan rings is 1. The van der Waals surface area contributed by atoms with Gasteiger partial charge in [0, 0.05) is 12.6 Å². The van der Waals surface area contributed by atoms with Gasteiger partial charge in [-0.05, 0) is 54.8 Å². The Balaban J connectivity index is 1.53. The number of halogens is 2. The molecule has 1 saturated carbocycles. The topological polar surface area (TPSA) is 53.8 Å². The monoisotopic (exact) mass is 440 g/mol. The summed E-state index contributed by atoms with van der Waals surface area (Å²) in [6, 6.07) is 16.4. The number of amides is 2. The molecule has 0 unspecified atom stereocenters. The predicted molar refractivity (Wildman–Crippen MR) is 115 cm³/mol. The molecule has 1 aliphatic carbocycles. The lowest BCUT2D eigenvalue weighted by Crippen LogP contribution is -2.43. The normalized spacial score (nSPS) is 13.1. The van der Waals surface area contributed by atoms with Gasteiger partial charge in [-0.3, -0.25) is 9.59 Å². The molecular weight excluding hydrogens is 419 g/mol. The van der Waals surface area contributed by atoms with Gasteiger partial charge in [0.25, 0.3) is 5.91 Å². The first kappa shape index (κ1) is 21.1. The maximum Gasteiger partial charge on any atom is 0.256 e. The largest absolute Gasteiger partial charge is 0.467 e. The molecule has 7 heteroatoms. The molecule has 1 fully saturated rings. The summed E-state index contributed by atoms with van der Waals surface area (Å²) in [6.45, 7) is 0.469. The smallest absolute Gasteiger partial charge is 0.256 e. The quantitative estimate of drug-likeness (QED) is 0.500. The summed E-state index contributed by atoms with van der Waals surface area (Å²) >= 11 is 6.22. The molecule has 0 N–H and O–H groups in total. The fraction of sp³-hybridized carbons (Fsp3) is 0.250. The Labute approximate surface area is 185 Å². The molecular formula is C24H22ClFN2O3. The van der Waals surface area contributed by atoms with Crippen molar-refractivity contribution in [2.75, 3.05) is 6.54 Å². The Morgan fingerprint density at radius 1 is 1.00 bits per heavy atom. The summed E-state index contributed by atoms with van der Waals surface area (Å²) in [5.41, 5.74) is 1.18. The predicted octanol–water partition coefficient (Wildman–Crippen LogP) is 4.91. The molecule has 1 heterocycles. The molecule has 0 radical (unpaired) electrons. The third kappa shape index (κ3) is 5.33. The van der Waals surface area contributed by atoms with Crippen LogP contribution >= 0.6 is 11.6 Å². The zero-order valence-corrected chi connectivity index (χ0v) is 17.6. The van der Waals surface area contributed by atoms with Gasteiger partial charge in [0.15, 0.2) is 0 Å². The summed E-state index contributed by atoms with van der Waals surface area (Å²) in [4.78, 5) is 29.6. The van der Waals surface area contributed by atoms with E-state index in [-0.39, 0.29) is 43.3 Å². The number of benzene rings is 2. The van der Waals surface area contributed by atoms with Crippen LogP contribution in [-0.2, 0) is 17.9 Å². The van der Waals surface area contributed by atoms with Gasteiger partial charge in [-0.15, -0.1) is 0 Å². The fourth-order valence-electron chi connectivity index (χ4n) is 3.42. The van der Waals surface area contributed by atoms with Crippen LogP contribution in [0.4, 0.5) is 4.39 Å². The van der Waals surface area contributed by atoms with Gasteiger partial charge in [0.05, 0.1) is 23.4 Å². The number of carbonyl (C=O) groups excluding carboxylic acids is 2. The molecule has 0 spiro atoms. The first-order chi connectivity index (χ1) is 15.0. The van der Waals surface area contributed by atoms with Crippen molar-refractivity contribution in [3.63, 3.8) is 0 Å². The third-order valence-corrected chi connectivity index (χ3v) is 5.55. The van der Waals surface area contributed by atoms with Crippen LogP contribution in [0.25, 0.3) is 0 Å². The van der Waals surface area contributed by atoms with E-state index in [1.165, 1.54) is 12.1 Å². The second kappa shape index (κ2) is 9.35. The lowest BCUT2D eigenvalue weighted by Gasteiger charge is -2.27. The molecule has 5 nitrogen and oxygen atoms in total. The number of hydrogen-bond donors (Lipinski definition) is 0. The van der Waals surface area contributed by atoms with Crippen molar-refractivity contribution in [3.8, 4) is 0 Å². The zero-order chi connectivity index (χ0) is 21.8. The van der Waals surface area contributed by atoms with E-state index in [0.717, 1.165) is 18.4 Å². The van der Waals surface area contributed by atoms with Crippen LogP contribution in [-0.4, -0.2) is 34.2 Å². The van der Waals surface area contributed by atoms with Gasteiger partial charge in [-0.2, -0.15) is 0 Å². The average Bonchev–Trinajstić information content (AvgIpc) is 3.48. The minimum Gasteiger partial charge on any atom is -0.467 e. The maximum atomic E-state index is 13.3. The molecule has 0 atom stereocenters. The average molecular weight is 441 g/mol. The Bertz CT molecular complexity index is 1050. The molecule has 1 aromatic heterocycles. The minimum absolute atomic E-state index is 0.0315. The van der Waals surface area contributed by atoms with Crippen molar-refractivity contribution in [1.29, 1.82) is 0 Å². The van der Waals surface area contributed by atoms with Gasteiger partial charge in [-0.25, -0.2) is 4.39 Å². The van der Waals surface area contributed by atoms with E-state index in [9.17, 15) is 14.0 Å². The van der Waals surface area contributed by atoms with Crippen molar-refractivity contribution < 1.29 is 18.4 Å². The molecule has 31 heavy (non-hydrogen) atoms. The van der Waals surface area contributed by atoms with E-state index in [0.29, 0.717) is 16.3 Å². The standard InChI is InChI=1S/C24H22ClFN2O3/c25-22-6-2-1-5-21(22)24(30)28(19-11-12-19)16-23(29)27(15-20-4-3-13-31-20)14-17-7-9-18(26)10-8-17/h1-10,13,19H,11-12,14-16H2. The first-order valence-corrected chi connectivity index (χ1v) is 10.5. The Hall–Kier alpha value is -3.12. The van der Waals surface area contributed by atoms with E-state index in [2.05, 4.69) is 0 Å². The number of hydrogen-bond acceptors (Lipinski definition) is 3. The SMILES string of the molecule is O=C(CN(C(=O)c1ccccc1Cl)C1CC1)N(Cc1ccc(F)cc1)Cc1ccco1. The number of rotatable bonds is 8. The summed E-state index contributed by atoms with van der Waals surface area (Å²) < 4.78 is 18.7. The van der Waals surface area contributed by atoms with Gasteiger partial charge in [-0.1, -0.05) is 35.9 Å². The first-order valence-electron chi connectivity index (χ1n) is 10.1. The van der Waals surface area contributed by atoms with Crippen molar-refractivity contribution in [3.05, 3.63) is 94.7 Å². The lowest BCUT2D eigenvalue weighted by molar-refractivity contribution is -0.133. The molecule has 2 aromatic carbocycles. The second-order valence-electron chi connectivity index (χ2n) is 7.60. The number of carbonyl (C=O) groups is 2. The summed E-state index contributed by atoms with van der Waals surface area (Å²) in [7, 11) is 0. The summed E-state index contributed by atoms with van der Waals surface area (Å²) in [5.74, 6) is -0.169. The molecule has 1 aliphatic rings. The van der Waals surface area contributed by atoms with Crippen LogP contribution in [0, 0.1) is 5.82 Å². The highest BCUT2D eigenvalue weighted by Crippen LogP contribution is 2.30. The van der Waals surface area contributed by atoms with Gasteiger partial charge in [0.2, 0.25) is 5.91 Å². The van der Waals surface area contributed by atoms with E-state index in [1.807, 2.05) is 0 Å². The van der Waals surface area contributed by atoms with Crippen LogP contribution < -0.4 is 0 Å². The molecule has 0 bridgehead atoms. The van der Waals surface area contributed by atoms with Gasteiger partial charge < -0.3 is 14.2 Å². The fourth-order valence-corrected chi connectivity index (χ4v) is 3.64. The van der Waals surface area contributed by atoms with Crippen molar-refractivity contribution in [1.82, 2.24) is 9.80 Å². The second-order valence-corrected chi connectivity index (χ2v) is 8.01. The van der Waals surface area contributed by atoms with Crippen LogP contribution in [0.1, 0.15) is 34.5 Å². The molecule has 3 aromatic rings. The Kier molecular flexibility index (Phi) is 6.37. The van der Waals surface area contributed by atoms with Crippen molar-refractivity contribution in [2.45, 2.75) is 32.0 Å². The molecule has 2 amide bonds. The minimum atomic E-state index is -0.335. The molecule has 4 rings (SSSR count). The highest BCUT2D eigenvalue weighted by Gasteiger charge is 2.36. The van der Waals surface area contributed by atoms with E-state index >= 15 is 0 Å². The molecule has 0 saturated heterocycles. The van der Waals surface area contributed by atoms with E-state index in [1.54, 1.807) is 64.6 Å². The van der Waals surface area contributed by atoms with Gasteiger partial charge in [0.1, 0.15) is 18.1 Å². The summed E-state index contributed by atoms with van der Waals surface area (Å²) in [6.07, 6.45) is 3.27. The lowest BCUT2D eigenvalue weighted by atomic mass is 10.1. The van der Waals surface area contributed by atoms with Crippen LogP contribution in [0.2, 0.25) is 5.02 Å². The Morgan fingerprint density at radius 2 is 1.74 bits per heavy atom. The molecule has 160 valence electrons. The highest BCUT2D eigenvalue weighted by molar-refractivity contribution is 6.33. The summed E-state index contributed by atoms with van der Waals surface area (Å²) in [5, 5.41) is 0.365. The third-order valence-electron chi connectivity index (χ3n) is 5.22. The molecule has 0 aliphatic heterocycles. The van der Waals surface area contributed by atoms with Crippen LogP contribution in [0.15, 0.2) is 71.3 Å². The van der Waals surface area contributed by atoms with Crippen molar-refractivity contribution in [2.24, 2.45) is 0 Å². The van der Waals surface area contributed by atoms with Gasteiger partial charge >= 0.3 is 0 Å².